The molecule has 0 radical (unpaired) electrons. The van der Waals surface area contributed by atoms with E-state index in [0.717, 1.165) is 19.3 Å². The van der Waals surface area contributed by atoms with Gasteiger partial charge in [0.25, 0.3) is 0 Å². The molecule has 3 nitrogen and oxygen atoms in total. The smallest absolute Gasteiger partial charge is 0.306 e. The maximum absolute atomic E-state index is 11.7. The Morgan fingerprint density at radius 2 is 1.77 bits per heavy atom. The van der Waals surface area contributed by atoms with Gasteiger partial charge in [0.15, 0.2) is 8.32 Å². The zero-order chi connectivity index (χ0) is 16.4. The first-order valence-electron chi connectivity index (χ1n) is 8.76. The van der Waals surface area contributed by atoms with E-state index >= 15 is 0 Å². The number of hydrogen-bond acceptors (Lipinski definition) is 3. The highest BCUT2D eigenvalue weighted by atomic mass is 28.4. The minimum atomic E-state index is -1.84. The molecule has 2 rings (SSSR count). The van der Waals surface area contributed by atoms with E-state index in [-0.39, 0.29) is 23.2 Å². The molecule has 0 aromatic rings. The number of allylic oxidation sites excluding steroid dienone is 1. The van der Waals surface area contributed by atoms with E-state index in [0.29, 0.717) is 6.42 Å². The first-order valence-corrected chi connectivity index (χ1v) is 11.7. The molecule has 0 N–H and O–H groups in total. The number of rotatable bonds is 3. The Morgan fingerprint density at radius 1 is 1.14 bits per heavy atom. The van der Waals surface area contributed by atoms with Crippen molar-refractivity contribution >= 4 is 14.3 Å². The van der Waals surface area contributed by atoms with Gasteiger partial charge in [-0.05, 0) is 56.3 Å². The molecule has 126 valence electrons. The SMILES string of the molecule is CC(C)(C)[Si](C)(C)O[C@H]1CCC(=O)O[C@@H]1C=C1CCCCC1. The monoisotopic (exact) mass is 324 g/mol. The van der Waals surface area contributed by atoms with Gasteiger partial charge in [-0.25, -0.2) is 0 Å². The van der Waals surface area contributed by atoms with E-state index in [1.165, 1.54) is 24.8 Å². The van der Waals surface area contributed by atoms with Crippen molar-refractivity contribution < 1.29 is 14.0 Å². The maximum atomic E-state index is 11.7. The van der Waals surface area contributed by atoms with Gasteiger partial charge in [-0.2, -0.15) is 0 Å². The zero-order valence-corrected chi connectivity index (χ0v) is 15.9. The fourth-order valence-corrected chi connectivity index (χ4v) is 4.30. The Hall–Kier alpha value is -0.613. The average Bonchev–Trinajstić information content (AvgIpc) is 2.41. The van der Waals surface area contributed by atoms with Gasteiger partial charge in [-0.3, -0.25) is 4.79 Å². The van der Waals surface area contributed by atoms with Crippen LogP contribution in [0.2, 0.25) is 18.1 Å². The van der Waals surface area contributed by atoms with E-state index < -0.39 is 8.32 Å². The molecule has 1 aliphatic heterocycles. The standard InChI is InChI=1S/C18H32O3Si/c1-18(2,3)22(4,5)21-15-11-12-17(19)20-16(15)13-14-9-7-6-8-10-14/h13,15-16H,6-12H2,1-5H3/t15-,16+/m0/s1. The molecule has 1 heterocycles. The van der Waals surface area contributed by atoms with Crippen LogP contribution in [0.4, 0.5) is 0 Å². The highest BCUT2D eigenvalue weighted by molar-refractivity contribution is 6.74. The first-order chi connectivity index (χ1) is 10.2. The summed E-state index contributed by atoms with van der Waals surface area (Å²) in [6.45, 7) is 11.3. The van der Waals surface area contributed by atoms with Gasteiger partial charge in [-0.1, -0.05) is 32.8 Å². The molecule has 1 aliphatic carbocycles. The van der Waals surface area contributed by atoms with E-state index in [1.807, 2.05) is 0 Å². The summed E-state index contributed by atoms with van der Waals surface area (Å²) in [5, 5.41) is 0.178. The van der Waals surface area contributed by atoms with Crippen LogP contribution >= 0.6 is 0 Å². The van der Waals surface area contributed by atoms with Crippen molar-refractivity contribution in [1.29, 1.82) is 0 Å². The normalized spacial score (nSPS) is 27.5. The molecule has 0 aromatic carbocycles. The highest BCUT2D eigenvalue weighted by Gasteiger charge is 2.42. The summed E-state index contributed by atoms with van der Waals surface area (Å²) >= 11 is 0. The van der Waals surface area contributed by atoms with E-state index in [4.69, 9.17) is 9.16 Å². The Kier molecular flexibility index (Phi) is 5.54. The summed E-state index contributed by atoms with van der Waals surface area (Å²) in [4.78, 5) is 11.7. The van der Waals surface area contributed by atoms with Crippen LogP contribution in [0.3, 0.4) is 0 Å². The number of esters is 1. The molecule has 1 saturated heterocycles. The molecule has 0 spiro atoms. The van der Waals surface area contributed by atoms with Crippen LogP contribution in [0.5, 0.6) is 0 Å². The number of hydrogen-bond donors (Lipinski definition) is 0. The summed E-state index contributed by atoms with van der Waals surface area (Å²) < 4.78 is 12.2. The van der Waals surface area contributed by atoms with Gasteiger partial charge in [0.05, 0.1) is 6.10 Å². The van der Waals surface area contributed by atoms with Gasteiger partial charge in [0.1, 0.15) is 6.10 Å². The van der Waals surface area contributed by atoms with E-state index in [1.54, 1.807) is 0 Å². The molecular weight excluding hydrogens is 292 g/mol. The minimum absolute atomic E-state index is 0.0352. The molecule has 2 atom stereocenters. The Labute approximate surface area is 136 Å². The Balaban J connectivity index is 2.11. The predicted molar refractivity (Wildman–Crippen MR) is 92.4 cm³/mol. The summed E-state index contributed by atoms with van der Waals surface area (Å²) in [6, 6.07) is 0. The topological polar surface area (TPSA) is 35.5 Å². The summed E-state index contributed by atoms with van der Waals surface area (Å²) in [6.07, 6.45) is 9.50. The molecule has 4 heteroatoms. The zero-order valence-electron chi connectivity index (χ0n) is 14.9. The van der Waals surface area contributed by atoms with Gasteiger partial charge >= 0.3 is 5.97 Å². The van der Waals surface area contributed by atoms with Gasteiger partial charge < -0.3 is 9.16 Å². The van der Waals surface area contributed by atoms with Crippen LogP contribution in [-0.2, 0) is 14.0 Å². The molecule has 0 unspecified atom stereocenters. The molecule has 2 aliphatic rings. The van der Waals surface area contributed by atoms with Crippen molar-refractivity contribution in [2.24, 2.45) is 0 Å². The largest absolute Gasteiger partial charge is 0.455 e. The number of carbonyl (C=O) groups is 1. The first kappa shape index (κ1) is 17.7. The third-order valence-corrected chi connectivity index (χ3v) is 9.92. The molecule has 0 aromatic heterocycles. The van der Waals surface area contributed by atoms with Gasteiger partial charge in [0, 0.05) is 6.42 Å². The molecule has 0 bridgehead atoms. The summed E-state index contributed by atoms with van der Waals surface area (Å²) in [5.74, 6) is -0.0762. The summed E-state index contributed by atoms with van der Waals surface area (Å²) in [7, 11) is -1.84. The van der Waals surface area contributed by atoms with Crippen molar-refractivity contribution in [3.8, 4) is 0 Å². The lowest BCUT2D eigenvalue weighted by molar-refractivity contribution is -0.158. The predicted octanol–water partition coefficient (Wildman–Crippen LogP) is 4.97. The number of ether oxygens (including phenoxy) is 1. The molecule has 1 saturated carbocycles. The van der Waals surface area contributed by atoms with Crippen LogP contribution in [0.15, 0.2) is 11.6 Å². The lowest BCUT2D eigenvalue weighted by Crippen LogP contribution is -2.49. The van der Waals surface area contributed by atoms with Crippen molar-refractivity contribution in [1.82, 2.24) is 0 Å². The molecule has 0 amide bonds. The van der Waals surface area contributed by atoms with Crippen molar-refractivity contribution in [3.63, 3.8) is 0 Å². The third-order valence-electron chi connectivity index (χ3n) is 5.41. The quantitative estimate of drug-likeness (QED) is 0.417. The average molecular weight is 325 g/mol. The second-order valence-corrected chi connectivity index (χ2v) is 13.1. The van der Waals surface area contributed by atoms with Gasteiger partial charge in [0.2, 0.25) is 0 Å². The maximum Gasteiger partial charge on any atom is 0.306 e. The second-order valence-electron chi connectivity index (χ2n) is 8.30. The van der Waals surface area contributed by atoms with Crippen molar-refractivity contribution in [2.75, 3.05) is 0 Å². The van der Waals surface area contributed by atoms with Crippen LogP contribution in [-0.4, -0.2) is 26.5 Å². The Bertz CT molecular complexity index is 426. The minimum Gasteiger partial charge on any atom is -0.455 e. The third kappa shape index (κ3) is 4.45. The highest BCUT2D eigenvalue weighted by Crippen LogP contribution is 2.39. The van der Waals surface area contributed by atoms with Crippen LogP contribution in [0.25, 0.3) is 0 Å². The van der Waals surface area contributed by atoms with Crippen LogP contribution in [0, 0.1) is 0 Å². The number of cyclic esters (lactones) is 1. The number of carbonyl (C=O) groups excluding carboxylic acids is 1. The lowest BCUT2D eigenvalue weighted by atomic mass is 9.92. The summed E-state index contributed by atoms with van der Waals surface area (Å²) in [5.41, 5.74) is 1.45. The lowest BCUT2D eigenvalue weighted by Gasteiger charge is -2.42. The van der Waals surface area contributed by atoms with E-state index in [9.17, 15) is 4.79 Å². The van der Waals surface area contributed by atoms with Crippen LogP contribution < -0.4 is 0 Å². The molecular formula is C18H32O3Si. The second kappa shape index (κ2) is 6.87. The fraction of sp³-hybridized carbons (Fsp3) is 0.833. The van der Waals surface area contributed by atoms with Crippen molar-refractivity contribution in [2.45, 2.75) is 96.1 Å². The molecule has 2 fully saturated rings. The van der Waals surface area contributed by atoms with E-state index in [2.05, 4.69) is 39.9 Å². The fourth-order valence-electron chi connectivity index (χ4n) is 2.94. The Morgan fingerprint density at radius 3 is 2.36 bits per heavy atom. The molecule has 22 heavy (non-hydrogen) atoms. The van der Waals surface area contributed by atoms with Crippen LogP contribution in [0.1, 0.15) is 65.7 Å². The van der Waals surface area contributed by atoms with Gasteiger partial charge in [-0.15, -0.1) is 0 Å². The van der Waals surface area contributed by atoms with Crippen molar-refractivity contribution in [3.05, 3.63) is 11.6 Å².